The largest absolute Gasteiger partial charge is 0.508 e. The summed E-state index contributed by atoms with van der Waals surface area (Å²) in [6.07, 6.45) is 0.413. The SMILES string of the molecule is Cc1csc(NC(=O)C(N)Cc2ccc(O)cc2)n1. The number of nitrogens with one attached hydrogen (secondary N) is 1. The number of phenolic OH excluding ortho intramolecular Hbond substituents is 1. The summed E-state index contributed by atoms with van der Waals surface area (Å²) in [5, 5.41) is 14.3. The van der Waals surface area contributed by atoms with Gasteiger partial charge in [0, 0.05) is 5.38 Å². The number of carbonyl (C=O) groups excluding carboxylic acids is 1. The molecule has 0 bridgehead atoms. The van der Waals surface area contributed by atoms with Gasteiger partial charge in [-0.2, -0.15) is 0 Å². The number of carbonyl (C=O) groups is 1. The van der Waals surface area contributed by atoms with Crippen molar-refractivity contribution in [2.45, 2.75) is 19.4 Å². The normalized spacial score (nSPS) is 12.1. The summed E-state index contributed by atoms with van der Waals surface area (Å²) in [4.78, 5) is 16.0. The third-order valence-electron chi connectivity index (χ3n) is 2.58. The number of phenols is 1. The second-order valence-electron chi connectivity index (χ2n) is 4.26. The van der Waals surface area contributed by atoms with Crippen molar-refractivity contribution in [1.82, 2.24) is 4.98 Å². The zero-order valence-corrected chi connectivity index (χ0v) is 11.3. The molecular formula is C13H15N3O2S. The fourth-order valence-electron chi connectivity index (χ4n) is 1.59. The van der Waals surface area contributed by atoms with Gasteiger partial charge < -0.3 is 16.2 Å². The van der Waals surface area contributed by atoms with Crippen molar-refractivity contribution in [3.05, 3.63) is 40.9 Å². The minimum Gasteiger partial charge on any atom is -0.508 e. The molecule has 1 aromatic heterocycles. The highest BCUT2D eigenvalue weighted by atomic mass is 32.1. The average molecular weight is 277 g/mol. The van der Waals surface area contributed by atoms with Gasteiger partial charge in [0.2, 0.25) is 5.91 Å². The smallest absolute Gasteiger partial charge is 0.243 e. The van der Waals surface area contributed by atoms with Gasteiger partial charge in [-0.15, -0.1) is 11.3 Å². The second-order valence-corrected chi connectivity index (χ2v) is 5.12. The van der Waals surface area contributed by atoms with Gasteiger partial charge in [-0.05, 0) is 31.0 Å². The van der Waals surface area contributed by atoms with Crippen LogP contribution in [0.2, 0.25) is 0 Å². The van der Waals surface area contributed by atoms with E-state index in [1.165, 1.54) is 11.3 Å². The fourth-order valence-corrected chi connectivity index (χ4v) is 2.28. The van der Waals surface area contributed by atoms with E-state index >= 15 is 0 Å². The van der Waals surface area contributed by atoms with Crippen molar-refractivity contribution >= 4 is 22.4 Å². The summed E-state index contributed by atoms with van der Waals surface area (Å²) >= 11 is 1.37. The molecule has 1 aromatic carbocycles. The topological polar surface area (TPSA) is 88.2 Å². The third kappa shape index (κ3) is 3.77. The molecule has 5 nitrogen and oxygen atoms in total. The first-order chi connectivity index (χ1) is 9.04. The van der Waals surface area contributed by atoms with E-state index in [9.17, 15) is 9.90 Å². The van der Waals surface area contributed by atoms with Gasteiger partial charge in [-0.3, -0.25) is 4.79 Å². The Bertz CT molecular complexity index is 566. The highest BCUT2D eigenvalue weighted by molar-refractivity contribution is 7.13. The number of hydrogen-bond donors (Lipinski definition) is 3. The van der Waals surface area contributed by atoms with Crippen molar-refractivity contribution in [2.75, 3.05) is 5.32 Å². The van der Waals surface area contributed by atoms with Crippen LogP contribution in [0.3, 0.4) is 0 Å². The van der Waals surface area contributed by atoms with Crippen molar-refractivity contribution in [3.8, 4) is 5.75 Å². The molecule has 0 fully saturated rings. The summed E-state index contributed by atoms with van der Waals surface area (Å²) in [6, 6.07) is 5.99. The van der Waals surface area contributed by atoms with Crippen molar-refractivity contribution < 1.29 is 9.90 Å². The van der Waals surface area contributed by atoms with E-state index in [0.717, 1.165) is 11.3 Å². The van der Waals surface area contributed by atoms with E-state index in [-0.39, 0.29) is 11.7 Å². The van der Waals surface area contributed by atoms with Gasteiger partial charge in [-0.25, -0.2) is 4.98 Å². The second kappa shape index (κ2) is 5.81. The maximum atomic E-state index is 11.9. The van der Waals surface area contributed by atoms with Crippen molar-refractivity contribution in [1.29, 1.82) is 0 Å². The standard InChI is InChI=1S/C13H15N3O2S/c1-8-7-19-13(15-8)16-12(18)11(14)6-9-2-4-10(17)5-3-9/h2-5,7,11,17H,6,14H2,1H3,(H,15,16,18). The van der Waals surface area contributed by atoms with Crippen LogP contribution in [0.25, 0.3) is 0 Å². The van der Waals surface area contributed by atoms with Gasteiger partial charge in [-0.1, -0.05) is 12.1 Å². The minimum atomic E-state index is -0.645. The van der Waals surface area contributed by atoms with Gasteiger partial charge in [0.1, 0.15) is 5.75 Å². The summed E-state index contributed by atoms with van der Waals surface area (Å²) in [6.45, 7) is 1.86. The van der Waals surface area contributed by atoms with Crippen molar-refractivity contribution in [2.24, 2.45) is 5.73 Å². The molecule has 19 heavy (non-hydrogen) atoms. The quantitative estimate of drug-likeness (QED) is 0.793. The minimum absolute atomic E-state index is 0.194. The molecule has 4 N–H and O–H groups in total. The Kier molecular flexibility index (Phi) is 4.13. The summed E-state index contributed by atoms with van der Waals surface area (Å²) in [5.74, 6) is -0.0672. The van der Waals surface area contributed by atoms with E-state index in [4.69, 9.17) is 5.73 Å². The molecule has 2 rings (SSSR count). The lowest BCUT2D eigenvalue weighted by Crippen LogP contribution is -2.37. The molecule has 0 spiro atoms. The number of nitrogens with zero attached hydrogens (tertiary/aromatic N) is 1. The maximum absolute atomic E-state index is 11.9. The molecule has 1 amide bonds. The molecule has 0 saturated carbocycles. The lowest BCUT2D eigenvalue weighted by Gasteiger charge is -2.10. The Balaban J connectivity index is 1.94. The van der Waals surface area contributed by atoms with E-state index in [0.29, 0.717) is 11.6 Å². The monoisotopic (exact) mass is 277 g/mol. The number of benzene rings is 1. The number of anilines is 1. The Morgan fingerprint density at radius 3 is 2.74 bits per heavy atom. The number of hydrogen-bond acceptors (Lipinski definition) is 5. The summed E-state index contributed by atoms with van der Waals surface area (Å²) in [7, 11) is 0. The average Bonchev–Trinajstić information content (AvgIpc) is 2.77. The van der Waals surface area contributed by atoms with Crippen molar-refractivity contribution in [3.63, 3.8) is 0 Å². The highest BCUT2D eigenvalue weighted by Gasteiger charge is 2.15. The predicted octanol–water partition coefficient (Wildman–Crippen LogP) is 1.67. The Hall–Kier alpha value is -1.92. The molecule has 0 aliphatic carbocycles. The first kappa shape index (κ1) is 13.5. The number of thiazole rings is 1. The molecule has 0 aliphatic heterocycles. The van der Waals surface area contributed by atoms with Gasteiger partial charge in [0.05, 0.1) is 11.7 Å². The van der Waals surface area contributed by atoms with Crippen LogP contribution in [0.15, 0.2) is 29.6 Å². The number of aromatic hydroxyl groups is 1. The number of amides is 1. The van der Waals surface area contributed by atoms with Crippen LogP contribution in [-0.2, 0) is 11.2 Å². The fraction of sp³-hybridized carbons (Fsp3) is 0.231. The molecule has 1 atom stereocenters. The molecule has 1 unspecified atom stereocenters. The van der Waals surface area contributed by atoms with E-state index in [2.05, 4.69) is 10.3 Å². The van der Waals surface area contributed by atoms with Gasteiger partial charge in [0.25, 0.3) is 0 Å². The van der Waals surface area contributed by atoms with E-state index in [1.807, 2.05) is 12.3 Å². The molecule has 1 heterocycles. The molecule has 0 saturated heterocycles. The summed E-state index contributed by atoms with van der Waals surface area (Å²) in [5.41, 5.74) is 7.61. The van der Waals surface area contributed by atoms with Crippen LogP contribution < -0.4 is 11.1 Å². The molecule has 2 aromatic rings. The molecule has 6 heteroatoms. The number of aromatic nitrogens is 1. The van der Waals surface area contributed by atoms with Crippen LogP contribution in [0.1, 0.15) is 11.3 Å². The number of aryl methyl sites for hydroxylation is 1. The number of nitrogens with two attached hydrogens (primary N) is 1. The Morgan fingerprint density at radius 1 is 1.47 bits per heavy atom. The van der Waals surface area contributed by atoms with Gasteiger partial charge >= 0.3 is 0 Å². The first-order valence-corrected chi connectivity index (χ1v) is 6.69. The van der Waals surface area contributed by atoms with Crippen LogP contribution >= 0.6 is 11.3 Å². The predicted molar refractivity (Wildman–Crippen MR) is 75.3 cm³/mol. The zero-order valence-electron chi connectivity index (χ0n) is 10.5. The molecule has 100 valence electrons. The maximum Gasteiger partial charge on any atom is 0.243 e. The third-order valence-corrected chi connectivity index (χ3v) is 3.45. The van der Waals surface area contributed by atoms with Crippen LogP contribution in [-0.4, -0.2) is 22.0 Å². The zero-order chi connectivity index (χ0) is 13.8. The Labute approximate surface area is 115 Å². The van der Waals surface area contributed by atoms with Crippen LogP contribution in [0.4, 0.5) is 5.13 Å². The molecule has 0 radical (unpaired) electrons. The first-order valence-electron chi connectivity index (χ1n) is 5.81. The lowest BCUT2D eigenvalue weighted by atomic mass is 10.1. The Morgan fingerprint density at radius 2 is 2.16 bits per heavy atom. The van der Waals surface area contributed by atoms with Crippen LogP contribution in [0.5, 0.6) is 5.75 Å². The van der Waals surface area contributed by atoms with E-state index in [1.54, 1.807) is 24.3 Å². The summed E-state index contributed by atoms with van der Waals surface area (Å²) < 4.78 is 0. The molecular weight excluding hydrogens is 262 g/mol. The highest BCUT2D eigenvalue weighted by Crippen LogP contribution is 2.15. The molecule has 0 aliphatic rings. The number of rotatable bonds is 4. The van der Waals surface area contributed by atoms with Gasteiger partial charge in [0.15, 0.2) is 5.13 Å². The van der Waals surface area contributed by atoms with E-state index < -0.39 is 6.04 Å². The lowest BCUT2D eigenvalue weighted by molar-refractivity contribution is -0.117. The van der Waals surface area contributed by atoms with Crippen LogP contribution in [0, 0.1) is 6.92 Å².